The summed E-state index contributed by atoms with van der Waals surface area (Å²) in [4.78, 5) is 12.5. The lowest BCUT2D eigenvalue weighted by atomic mass is 9.42. The molecular formula is C20H31NO3. The van der Waals surface area contributed by atoms with E-state index in [-0.39, 0.29) is 41.1 Å². The molecule has 0 aliphatic heterocycles. The van der Waals surface area contributed by atoms with Gasteiger partial charge in [0.25, 0.3) is 0 Å². The molecule has 3 N–H and O–H groups in total. The molecule has 0 spiro atoms. The highest BCUT2D eigenvalue weighted by atomic mass is 16.3. The van der Waals surface area contributed by atoms with Gasteiger partial charge < -0.3 is 15.6 Å². The quantitative estimate of drug-likeness (QED) is 0.690. The van der Waals surface area contributed by atoms with Crippen molar-refractivity contribution in [2.45, 2.75) is 64.9 Å². The Morgan fingerprint density at radius 1 is 1.12 bits per heavy atom. The molecule has 4 fully saturated rings. The SMILES string of the molecule is C[C@]12CCC(=N)CC1[C@@H](CO)[C@@H](O)C1C2CC[C@]2(C)C(=O)CCC12. The maximum atomic E-state index is 12.5. The number of hydrogen-bond acceptors (Lipinski definition) is 4. The lowest BCUT2D eigenvalue weighted by Crippen LogP contribution is -2.62. The van der Waals surface area contributed by atoms with E-state index in [0.717, 1.165) is 44.2 Å². The number of aliphatic hydroxyl groups is 2. The van der Waals surface area contributed by atoms with E-state index in [0.29, 0.717) is 18.1 Å². The Bertz CT molecular complexity index is 575. The van der Waals surface area contributed by atoms with Crippen LogP contribution in [0.1, 0.15) is 58.8 Å². The second-order valence-corrected chi connectivity index (χ2v) is 9.47. The molecule has 0 radical (unpaired) electrons. The number of ketones is 1. The molecule has 0 amide bonds. The Hall–Kier alpha value is -0.740. The van der Waals surface area contributed by atoms with Crippen LogP contribution in [0.15, 0.2) is 0 Å². The molecule has 0 aromatic heterocycles. The van der Waals surface area contributed by atoms with Gasteiger partial charge in [-0.25, -0.2) is 0 Å². The molecule has 0 aromatic rings. The highest BCUT2D eigenvalue weighted by Gasteiger charge is 2.64. The van der Waals surface area contributed by atoms with Crippen molar-refractivity contribution in [2.75, 3.05) is 6.61 Å². The third-order valence-electron chi connectivity index (χ3n) is 8.73. The third kappa shape index (κ3) is 1.99. The largest absolute Gasteiger partial charge is 0.396 e. The number of carbonyl (C=O) groups excluding carboxylic acids is 1. The number of nitrogens with one attached hydrogen (secondary N) is 1. The predicted molar refractivity (Wildman–Crippen MR) is 91.8 cm³/mol. The highest BCUT2D eigenvalue weighted by molar-refractivity contribution is 5.87. The first kappa shape index (κ1) is 16.7. The van der Waals surface area contributed by atoms with Crippen molar-refractivity contribution < 1.29 is 15.0 Å². The molecule has 4 rings (SSSR count). The van der Waals surface area contributed by atoms with Crippen LogP contribution in [0.25, 0.3) is 0 Å². The van der Waals surface area contributed by atoms with Gasteiger partial charge in [-0.2, -0.15) is 0 Å². The predicted octanol–water partition coefficient (Wildman–Crippen LogP) is 2.81. The first-order chi connectivity index (χ1) is 11.3. The van der Waals surface area contributed by atoms with Gasteiger partial charge >= 0.3 is 0 Å². The first-order valence-electron chi connectivity index (χ1n) is 9.71. The van der Waals surface area contributed by atoms with Crippen LogP contribution in [0.3, 0.4) is 0 Å². The minimum Gasteiger partial charge on any atom is -0.396 e. The van der Waals surface area contributed by atoms with Crippen molar-refractivity contribution in [3.63, 3.8) is 0 Å². The Kier molecular flexibility index (Phi) is 3.74. The molecule has 0 aromatic carbocycles. The molecule has 4 unspecified atom stereocenters. The first-order valence-corrected chi connectivity index (χ1v) is 9.71. The number of fused-ring (bicyclic) bond motifs is 5. The van der Waals surface area contributed by atoms with E-state index >= 15 is 0 Å². The van der Waals surface area contributed by atoms with Gasteiger partial charge in [0.05, 0.1) is 6.10 Å². The van der Waals surface area contributed by atoms with E-state index in [1.165, 1.54) is 0 Å². The Morgan fingerprint density at radius 3 is 2.58 bits per heavy atom. The van der Waals surface area contributed by atoms with Gasteiger partial charge in [0.1, 0.15) is 5.78 Å². The zero-order valence-electron chi connectivity index (χ0n) is 14.9. The molecule has 4 saturated carbocycles. The van der Waals surface area contributed by atoms with E-state index in [1.807, 2.05) is 0 Å². The number of rotatable bonds is 1. The van der Waals surface area contributed by atoms with Gasteiger partial charge in [-0.05, 0) is 67.6 Å². The van der Waals surface area contributed by atoms with Gasteiger partial charge in [0.15, 0.2) is 0 Å². The summed E-state index contributed by atoms with van der Waals surface area (Å²) >= 11 is 0. The summed E-state index contributed by atoms with van der Waals surface area (Å²) in [6.07, 6.45) is 5.58. The van der Waals surface area contributed by atoms with E-state index in [1.54, 1.807) is 0 Å². The second kappa shape index (κ2) is 5.38. The molecule has 8 atom stereocenters. The van der Waals surface area contributed by atoms with Crippen LogP contribution in [0.2, 0.25) is 0 Å². The molecule has 0 saturated heterocycles. The molecule has 4 aliphatic carbocycles. The maximum absolute atomic E-state index is 12.5. The minimum absolute atomic E-state index is 0.00466. The molecule has 0 bridgehead atoms. The van der Waals surface area contributed by atoms with Gasteiger partial charge in [-0.1, -0.05) is 13.8 Å². The lowest BCUT2D eigenvalue weighted by Gasteiger charge is -2.63. The summed E-state index contributed by atoms with van der Waals surface area (Å²) < 4.78 is 0. The van der Waals surface area contributed by atoms with Crippen LogP contribution in [-0.4, -0.2) is 34.4 Å². The molecule has 134 valence electrons. The fourth-order valence-corrected chi connectivity index (χ4v) is 7.28. The zero-order chi connectivity index (χ0) is 17.3. The smallest absolute Gasteiger partial charge is 0.139 e. The average Bonchev–Trinajstić information content (AvgIpc) is 2.85. The van der Waals surface area contributed by atoms with Gasteiger partial charge in [-0.3, -0.25) is 4.79 Å². The maximum Gasteiger partial charge on any atom is 0.139 e. The van der Waals surface area contributed by atoms with E-state index in [2.05, 4.69) is 13.8 Å². The summed E-state index contributed by atoms with van der Waals surface area (Å²) in [6.45, 7) is 4.46. The van der Waals surface area contributed by atoms with Crippen LogP contribution in [0.4, 0.5) is 0 Å². The minimum atomic E-state index is -0.528. The Labute approximate surface area is 144 Å². The molecule has 24 heavy (non-hydrogen) atoms. The summed E-state index contributed by atoms with van der Waals surface area (Å²) in [5.41, 5.74) is 0.611. The number of carbonyl (C=O) groups is 1. The van der Waals surface area contributed by atoms with E-state index in [4.69, 9.17) is 5.41 Å². The number of aliphatic hydroxyl groups excluding tert-OH is 2. The summed E-state index contributed by atoms with van der Waals surface area (Å²) in [5, 5.41) is 29.4. The molecule has 4 heteroatoms. The third-order valence-corrected chi connectivity index (χ3v) is 8.73. The highest BCUT2D eigenvalue weighted by Crippen LogP contribution is 2.66. The average molecular weight is 333 g/mol. The second-order valence-electron chi connectivity index (χ2n) is 9.47. The van der Waals surface area contributed by atoms with Crippen molar-refractivity contribution in [2.24, 2.45) is 40.4 Å². The van der Waals surface area contributed by atoms with Gasteiger partial charge in [0.2, 0.25) is 0 Å². The van der Waals surface area contributed by atoms with Crippen LogP contribution >= 0.6 is 0 Å². The fraction of sp³-hybridized carbons (Fsp3) is 0.900. The summed E-state index contributed by atoms with van der Waals surface area (Å²) in [7, 11) is 0. The van der Waals surface area contributed by atoms with Gasteiger partial charge in [-0.15, -0.1) is 0 Å². The number of Topliss-reactive ketones (excluding diaryl/α,β-unsaturated/α-hetero) is 1. The van der Waals surface area contributed by atoms with Crippen molar-refractivity contribution >= 4 is 11.5 Å². The number of hydrogen-bond donors (Lipinski definition) is 3. The van der Waals surface area contributed by atoms with Crippen LogP contribution in [0, 0.1) is 45.8 Å². The zero-order valence-corrected chi connectivity index (χ0v) is 14.9. The standard InChI is InChI=1S/C20H31NO3/c1-19-7-5-11(21)9-15(19)12(10-22)18(24)17-13-3-4-16(23)20(13,2)8-6-14(17)19/h12-15,17-18,21-22,24H,3-10H2,1-2H3/t12-,13?,14?,15?,17?,18-,19-,20+/m1/s1. The Balaban J connectivity index is 1.76. The van der Waals surface area contributed by atoms with Crippen molar-refractivity contribution in [3.8, 4) is 0 Å². The van der Waals surface area contributed by atoms with Crippen LogP contribution in [0.5, 0.6) is 0 Å². The van der Waals surface area contributed by atoms with Crippen molar-refractivity contribution in [1.29, 1.82) is 5.41 Å². The Morgan fingerprint density at radius 2 is 1.88 bits per heavy atom. The lowest BCUT2D eigenvalue weighted by molar-refractivity contribution is -0.188. The molecule has 0 heterocycles. The summed E-state index contributed by atoms with van der Waals surface area (Å²) in [5.74, 6) is 1.29. The molecular weight excluding hydrogens is 302 g/mol. The molecule has 4 nitrogen and oxygen atoms in total. The van der Waals surface area contributed by atoms with E-state index < -0.39 is 6.10 Å². The monoisotopic (exact) mass is 333 g/mol. The molecule has 4 aliphatic rings. The van der Waals surface area contributed by atoms with Crippen LogP contribution < -0.4 is 0 Å². The van der Waals surface area contributed by atoms with Gasteiger partial charge in [0, 0.05) is 30.1 Å². The topological polar surface area (TPSA) is 81.4 Å². The summed E-state index contributed by atoms with van der Waals surface area (Å²) in [6, 6.07) is 0. The van der Waals surface area contributed by atoms with Crippen molar-refractivity contribution in [1.82, 2.24) is 0 Å². The van der Waals surface area contributed by atoms with Crippen molar-refractivity contribution in [3.05, 3.63) is 0 Å². The van der Waals surface area contributed by atoms with Crippen LogP contribution in [-0.2, 0) is 4.79 Å². The normalized spacial score (nSPS) is 54.2. The van der Waals surface area contributed by atoms with E-state index in [9.17, 15) is 15.0 Å². The fourth-order valence-electron chi connectivity index (χ4n) is 7.28.